The summed E-state index contributed by atoms with van der Waals surface area (Å²) < 4.78 is 0. The van der Waals surface area contributed by atoms with Crippen molar-refractivity contribution in [1.82, 2.24) is 10.2 Å². The highest BCUT2D eigenvalue weighted by Gasteiger charge is 2.43. The molecule has 6 heteroatoms. The maximum Gasteiger partial charge on any atom is 0.277 e. The van der Waals surface area contributed by atoms with Gasteiger partial charge in [0.05, 0.1) is 11.7 Å². The molecule has 0 saturated carbocycles. The van der Waals surface area contributed by atoms with Crippen LogP contribution in [0.2, 0.25) is 10.0 Å². The van der Waals surface area contributed by atoms with Crippen LogP contribution in [0.25, 0.3) is 11.3 Å². The van der Waals surface area contributed by atoms with Gasteiger partial charge < -0.3 is 0 Å². The van der Waals surface area contributed by atoms with Gasteiger partial charge in [0.2, 0.25) is 0 Å². The Labute approximate surface area is 184 Å². The van der Waals surface area contributed by atoms with E-state index in [1.54, 1.807) is 0 Å². The number of aromatic amines is 1. The van der Waals surface area contributed by atoms with E-state index >= 15 is 0 Å². The van der Waals surface area contributed by atoms with Gasteiger partial charge in [-0.2, -0.15) is 5.10 Å². The SMILES string of the molecule is Cc1ccc(N2C(=O)c3[nH]nc(-c4ccc(Cl)cc4)c3[C@H]2c2ccc(Cl)cc2)cc1. The highest BCUT2D eigenvalue weighted by Crippen LogP contribution is 2.45. The van der Waals surface area contributed by atoms with Gasteiger partial charge in [-0.1, -0.05) is 65.2 Å². The van der Waals surface area contributed by atoms with Crippen LogP contribution < -0.4 is 4.90 Å². The van der Waals surface area contributed by atoms with Crippen molar-refractivity contribution in [3.63, 3.8) is 0 Å². The third-order valence-electron chi connectivity index (χ3n) is 5.38. The van der Waals surface area contributed by atoms with Crippen LogP contribution in [-0.2, 0) is 0 Å². The lowest BCUT2D eigenvalue weighted by molar-refractivity contribution is 0.0989. The number of hydrogen-bond acceptors (Lipinski definition) is 2. The lowest BCUT2D eigenvalue weighted by Gasteiger charge is -2.26. The quantitative estimate of drug-likeness (QED) is 0.403. The van der Waals surface area contributed by atoms with Crippen LogP contribution in [0.15, 0.2) is 72.8 Å². The van der Waals surface area contributed by atoms with Crippen molar-refractivity contribution in [2.75, 3.05) is 4.90 Å². The zero-order chi connectivity index (χ0) is 20.8. The zero-order valence-electron chi connectivity index (χ0n) is 16.1. The molecule has 0 saturated heterocycles. The molecule has 0 fully saturated rings. The number of H-pyrrole nitrogens is 1. The number of carbonyl (C=O) groups excluding carboxylic acids is 1. The first-order valence-corrected chi connectivity index (χ1v) is 10.3. The lowest BCUT2D eigenvalue weighted by Crippen LogP contribution is -2.29. The summed E-state index contributed by atoms with van der Waals surface area (Å²) in [6, 6.07) is 22.7. The molecule has 0 unspecified atom stereocenters. The van der Waals surface area contributed by atoms with E-state index in [-0.39, 0.29) is 11.9 Å². The van der Waals surface area contributed by atoms with E-state index < -0.39 is 0 Å². The second kappa shape index (κ2) is 7.31. The fourth-order valence-corrected chi connectivity index (χ4v) is 4.16. The Bertz CT molecular complexity index is 1230. The van der Waals surface area contributed by atoms with Crippen molar-refractivity contribution < 1.29 is 4.79 Å². The second-order valence-electron chi connectivity index (χ2n) is 7.33. The fraction of sp³-hybridized carbons (Fsp3) is 0.0833. The van der Waals surface area contributed by atoms with Crippen LogP contribution in [0.4, 0.5) is 5.69 Å². The van der Waals surface area contributed by atoms with Crippen molar-refractivity contribution in [1.29, 1.82) is 0 Å². The number of nitrogens with zero attached hydrogens (tertiary/aromatic N) is 2. The number of benzene rings is 3. The Balaban J connectivity index is 1.71. The van der Waals surface area contributed by atoms with Gasteiger partial charge in [-0.05, 0) is 48.9 Å². The summed E-state index contributed by atoms with van der Waals surface area (Å²) >= 11 is 12.2. The maximum absolute atomic E-state index is 13.4. The molecule has 0 aliphatic carbocycles. The maximum atomic E-state index is 13.4. The van der Waals surface area contributed by atoms with Gasteiger partial charge in [-0.3, -0.25) is 14.8 Å². The minimum atomic E-state index is -0.322. The Morgan fingerprint density at radius 3 is 2.10 bits per heavy atom. The first kappa shape index (κ1) is 18.9. The Hall–Kier alpha value is -3.08. The Morgan fingerprint density at radius 1 is 0.867 bits per heavy atom. The number of aromatic nitrogens is 2. The van der Waals surface area contributed by atoms with Gasteiger partial charge in [0, 0.05) is 26.9 Å². The molecule has 1 aliphatic rings. The number of fused-ring (bicyclic) bond motifs is 1. The zero-order valence-corrected chi connectivity index (χ0v) is 17.6. The number of aryl methyl sites for hydroxylation is 1. The molecule has 0 spiro atoms. The Morgan fingerprint density at radius 2 is 1.47 bits per heavy atom. The van der Waals surface area contributed by atoms with Gasteiger partial charge in [-0.25, -0.2) is 0 Å². The molecule has 2 heterocycles. The Kier molecular flexibility index (Phi) is 4.61. The van der Waals surface area contributed by atoms with Crippen molar-refractivity contribution in [3.05, 3.63) is 105 Å². The average Bonchev–Trinajstić information content (AvgIpc) is 3.29. The minimum absolute atomic E-state index is 0.110. The number of halogens is 2. The number of nitrogens with one attached hydrogen (secondary N) is 1. The van der Waals surface area contributed by atoms with Crippen LogP contribution in [0, 0.1) is 6.92 Å². The summed E-state index contributed by atoms with van der Waals surface area (Å²) in [6.07, 6.45) is 0. The molecule has 1 aliphatic heterocycles. The summed E-state index contributed by atoms with van der Waals surface area (Å²) in [4.78, 5) is 15.2. The fourth-order valence-electron chi connectivity index (χ4n) is 3.91. The number of rotatable bonds is 3. The van der Waals surface area contributed by atoms with E-state index in [0.29, 0.717) is 15.7 Å². The summed E-state index contributed by atoms with van der Waals surface area (Å²) in [5.41, 5.74) is 5.92. The summed E-state index contributed by atoms with van der Waals surface area (Å²) in [7, 11) is 0. The molecule has 30 heavy (non-hydrogen) atoms. The summed E-state index contributed by atoms with van der Waals surface area (Å²) in [5.74, 6) is -0.110. The van der Waals surface area contributed by atoms with Gasteiger partial charge in [-0.15, -0.1) is 0 Å². The number of carbonyl (C=O) groups is 1. The predicted molar refractivity (Wildman–Crippen MR) is 120 cm³/mol. The molecule has 3 aromatic carbocycles. The molecular weight excluding hydrogens is 417 g/mol. The van der Waals surface area contributed by atoms with Crippen molar-refractivity contribution in [2.24, 2.45) is 0 Å². The van der Waals surface area contributed by atoms with E-state index in [1.165, 1.54) is 0 Å². The highest BCUT2D eigenvalue weighted by atomic mass is 35.5. The van der Waals surface area contributed by atoms with Crippen LogP contribution in [0.1, 0.15) is 33.2 Å². The summed E-state index contributed by atoms with van der Waals surface area (Å²) in [5, 5.41) is 8.75. The lowest BCUT2D eigenvalue weighted by atomic mass is 9.96. The summed E-state index contributed by atoms with van der Waals surface area (Å²) in [6.45, 7) is 2.03. The van der Waals surface area contributed by atoms with E-state index in [4.69, 9.17) is 23.2 Å². The molecule has 1 atom stereocenters. The number of anilines is 1. The minimum Gasteiger partial charge on any atom is -0.295 e. The van der Waals surface area contributed by atoms with E-state index in [0.717, 1.165) is 33.6 Å². The molecule has 4 aromatic rings. The standard InChI is InChI=1S/C24H17Cl2N3O/c1-14-2-12-19(13-3-14)29-23(16-6-10-18(26)11-7-16)20-21(27-28-22(20)24(29)30)15-4-8-17(25)9-5-15/h2-13,23H,1H3,(H,27,28)/t23-/m1/s1. The van der Waals surface area contributed by atoms with Gasteiger partial charge in [0.15, 0.2) is 0 Å². The van der Waals surface area contributed by atoms with Gasteiger partial charge >= 0.3 is 0 Å². The first-order valence-electron chi connectivity index (χ1n) is 9.53. The van der Waals surface area contributed by atoms with Crippen molar-refractivity contribution >= 4 is 34.8 Å². The van der Waals surface area contributed by atoms with Crippen molar-refractivity contribution in [2.45, 2.75) is 13.0 Å². The molecule has 5 rings (SSSR count). The van der Waals surface area contributed by atoms with Crippen LogP contribution in [0.3, 0.4) is 0 Å². The first-order chi connectivity index (χ1) is 14.5. The third kappa shape index (κ3) is 3.09. The highest BCUT2D eigenvalue weighted by molar-refractivity contribution is 6.30. The van der Waals surface area contributed by atoms with Crippen molar-refractivity contribution in [3.8, 4) is 11.3 Å². The molecule has 1 aromatic heterocycles. The molecule has 0 radical (unpaired) electrons. The average molecular weight is 434 g/mol. The van der Waals surface area contributed by atoms with E-state index in [9.17, 15) is 4.79 Å². The van der Waals surface area contributed by atoms with E-state index in [2.05, 4.69) is 10.2 Å². The molecular formula is C24H17Cl2N3O. The molecule has 0 bridgehead atoms. The number of hydrogen-bond donors (Lipinski definition) is 1. The molecule has 4 nitrogen and oxygen atoms in total. The smallest absolute Gasteiger partial charge is 0.277 e. The van der Waals surface area contributed by atoms with Crippen LogP contribution >= 0.6 is 23.2 Å². The largest absolute Gasteiger partial charge is 0.295 e. The topological polar surface area (TPSA) is 49.0 Å². The van der Waals surface area contributed by atoms with Crippen LogP contribution in [0.5, 0.6) is 0 Å². The second-order valence-corrected chi connectivity index (χ2v) is 8.21. The monoisotopic (exact) mass is 433 g/mol. The molecule has 148 valence electrons. The van der Waals surface area contributed by atoms with Gasteiger partial charge in [0.1, 0.15) is 5.69 Å². The van der Waals surface area contributed by atoms with Gasteiger partial charge in [0.25, 0.3) is 5.91 Å². The van der Waals surface area contributed by atoms with Crippen LogP contribution in [-0.4, -0.2) is 16.1 Å². The normalized spacial score (nSPS) is 15.5. The molecule has 1 amide bonds. The van der Waals surface area contributed by atoms with E-state index in [1.807, 2.05) is 84.6 Å². The predicted octanol–water partition coefficient (Wildman–Crippen LogP) is 6.44. The number of amides is 1. The third-order valence-corrected chi connectivity index (χ3v) is 5.89. The molecule has 1 N–H and O–H groups in total.